The largest absolute Gasteiger partial charge is 0.496 e. The minimum absolute atomic E-state index is 0.00737. The summed E-state index contributed by atoms with van der Waals surface area (Å²) in [6.07, 6.45) is 5.03. The highest BCUT2D eigenvalue weighted by Gasteiger charge is 2.19. The predicted octanol–water partition coefficient (Wildman–Crippen LogP) is 4.13. The molecule has 4 rings (SSSR count). The number of benzene rings is 2. The molecule has 160 valence electrons. The molecule has 0 spiro atoms. The summed E-state index contributed by atoms with van der Waals surface area (Å²) in [4.78, 5) is 18.0. The Kier molecular flexibility index (Phi) is 6.70. The molecule has 0 unspecified atom stereocenters. The van der Waals surface area contributed by atoms with Crippen molar-refractivity contribution in [2.24, 2.45) is 0 Å². The van der Waals surface area contributed by atoms with Crippen molar-refractivity contribution in [2.45, 2.75) is 38.8 Å². The number of carbonyl (C=O) groups excluding carboxylic acids is 1. The summed E-state index contributed by atoms with van der Waals surface area (Å²) in [5.74, 6) is 1.56. The molecule has 2 heterocycles. The molecule has 0 atom stereocenters. The van der Waals surface area contributed by atoms with E-state index in [2.05, 4.69) is 9.80 Å². The maximum absolute atomic E-state index is 13.2. The smallest absolute Gasteiger partial charge is 0.193 e. The van der Waals surface area contributed by atoms with Crippen molar-refractivity contribution in [2.75, 3.05) is 40.4 Å². The van der Waals surface area contributed by atoms with Gasteiger partial charge in [0.1, 0.15) is 11.5 Å². The topological polar surface area (TPSA) is 42.0 Å². The lowest BCUT2D eigenvalue weighted by molar-refractivity contribution is 0.103. The van der Waals surface area contributed by atoms with Crippen LogP contribution in [0.2, 0.25) is 0 Å². The summed E-state index contributed by atoms with van der Waals surface area (Å²) < 4.78 is 11.2. The van der Waals surface area contributed by atoms with E-state index in [4.69, 9.17) is 9.47 Å². The van der Waals surface area contributed by atoms with Crippen molar-refractivity contribution in [3.8, 4) is 11.5 Å². The van der Waals surface area contributed by atoms with Crippen LogP contribution in [0.4, 0.5) is 0 Å². The Morgan fingerprint density at radius 3 is 1.50 bits per heavy atom. The highest BCUT2D eigenvalue weighted by atomic mass is 16.5. The molecular weight excluding hydrogens is 376 g/mol. The summed E-state index contributed by atoms with van der Waals surface area (Å²) in [7, 11) is 3.35. The Morgan fingerprint density at radius 2 is 1.13 bits per heavy atom. The van der Waals surface area contributed by atoms with E-state index in [9.17, 15) is 4.79 Å². The van der Waals surface area contributed by atoms with Crippen LogP contribution in [0.1, 0.15) is 52.7 Å². The lowest BCUT2D eigenvalue weighted by atomic mass is 9.99. The monoisotopic (exact) mass is 408 g/mol. The standard InChI is InChI=1S/C25H32N2O3/c1-29-23-15-19(7-9-21(23)17-26-11-3-4-12-26)25(28)20-8-10-22(24(16-20)30-2)18-27-13-5-6-14-27/h7-10,15-16H,3-6,11-14,17-18H2,1-2H3. The molecule has 0 radical (unpaired) electrons. The lowest BCUT2D eigenvalue weighted by Gasteiger charge is -2.18. The molecule has 2 fully saturated rings. The third-order valence-corrected chi connectivity index (χ3v) is 6.28. The third kappa shape index (κ3) is 4.68. The van der Waals surface area contributed by atoms with Crippen LogP contribution in [0, 0.1) is 0 Å². The molecule has 30 heavy (non-hydrogen) atoms. The van der Waals surface area contributed by atoms with E-state index in [0.29, 0.717) is 11.1 Å². The van der Waals surface area contributed by atoms with Crippen LogP contribution in [-0.2, 0) is 13.1 Å². The van der Waals surface area contributed by atoms with Crippen molar-refractivity contribution >= 4 is 5.78 Å². The number of rotatable bonds is 8. The SMILES string of the molecule is COc1cc(C(=O)c2ccc(CN3CCCC3)c(OC)c2)ccc1CN1CCCC1. The van der Waals surface area contributed by atoms with E-state index in [0.717, 1.165) is 61.9 Å². The highest BCUT2D eigenvalue weighted by molar-refractivity contribution is 6.09. The van der Waals surface area contributed by atoms with Gasteiger partial charge >= 0.3 is 0 Å². The van der Waals surface area contributed by atoms with Gasteiger partial charge in [-0.15, -0.1) is 0 Å². The average molecular weight is 409 g/mol. The van der Waals surface area contributed by atoms with Crippen LogP contribution in [0.25, 0.3) is 0 Å². The zero-order chi connectivity index (χ0) is 20.9. The summed E-state index contributed by atoms with van der Waals surface area (Å²) in [5.41, 5.74) is 3.56. The van der Waals surface area contributed by atoms with Gasteiger partial charge in [-0.3, -0.25) is 14.6 Å². The van der Waals surface area contributed by atoms with Crippen LogP contribution in [0.5, 0.6) is 11.5 Å². The molecule has 2 aromatic rings. The van der Waals surface area contributed by atoms with Crippen LogP contribution in [0.3, 0.4) is 0 Å². The molecule has 0 bridgehead atoms. The van der Waals surface area contributed by atoms with E-state index in [1.54, 1.807) is 14.2 Å². The number of likely N-dealkylation sites (tertiary alicyclic amines) is 2. The zero-order valence-corrected chi connectivity index (χ0v) is 18.2. The van der Waals surface area contributed by atoms with Gasteiger partial charge < -0.3 is 9.47 Å². The van der Waals surface area contributed by atoms with Gasteiger partial charge in [-0.1, -0.05) is 24.3 Å². The second-order valence-electron chi connectivity index (χ2n) is 8.35. The second kappa shape index (κ2) is 9.63. The number of ether oxygens (including phenoxy) is 2. The Bertz CT molecular complexity index is 812. The number of methoxy groups -OCH3 is 2. The van der Waals surface area contributed by atoms with Crippen molar-refractivity contribution in [1.82, 2.24) is 9.80 Å². The van der Waals surface area contributed by atoms with Gasteiger partial charge in [-0.05, 0) is 64.0 Å². The Balaban J connectivity index is 1.52. The first-order valence-corrected chi connectivity index (χ1v) is 11.0. The van der Waals surface area contributed by atoms with E-state index >= 15 is 0 Å². The number of carbonyl (C=O) groups is 1. The van der Waals surface area contributed by atoms with Gasteiger partial charge in [0.2, 0.25) is 0 Å². The summed E-state index contributed by atoms with van der Waals surface area (Å²) >= 11 is 0. The molecule has 0 aromatic heterocycles. The van der Waals surface area contributed by atoms with Crippen molar-refractivity contribution in [1.29, 1.82) is 0 Å². The van der Waals surface area contributed by atoms with Gasteiger partial charge in [-0.25, -0.2) is 0 Å². The van der Waals surface area contributed by atoms with Crippen LogP contribution in [-0.4, -0.2) is 56.0 Å². The quantitative estimate of drug-likeness (QED) is 0.615. The average Bonchev–Trinajstić information content (AvgIpc) is 3.48. The number of hydrogen-bond acceptors (Lipinski definition) is 5. The van der Waals surface area contributed by atoms with Gasteiger partial charge in [0.15, 0.2) is 5.78 Å². The first-order chi connectivity index (χ1) is 14.7. The fourth-order valence-corrected chi connectivity index (χ4v) is 4.56. The van der Waals surface area contributed by atoms with E-state index in [-0.39, 0.29) is 5.78 Å². The summed E-state index contributed by atoms with van der Waals surface area (Å²) in [6.45, 7) is 6.27. The first kappa shape index (κ1) is 20.9. The third-order valence-electron chi connectivity index (χ3n) is 6.28. The maximum Gasteiger partial charge on any atom is 0.193 e. The number of ketones is 1. The van der Waals surface area contributed by atoms with Crippen molar-refractivity contribution in [3.63, 3.8) is 0 Å². The molecule has 5 heteroatoms. The van der Waals surface area contributed by atoms with E-state index in [1.165, 1.54) is 25.7 Å². The molecule has 2 aromatic carbocycles. The molecular formula is C25H32N2O3. The fraction of sp³-hybridized carbons (Fsp3) is 0.480. The molecule has 0 amide bonds. The minimum atomic E-state index is -0.00737. The van der Waals surface area contributed by atoms with Gasteiger partial charge in [0, 0.05) is 35.3 Å². The normalized spacial score (nSPS) is 17.4. The highest BCUT2D eigenvalue weighted by Crippen LogP contribution is 2.28. The Hall–Kier alpha value is -2.37. The van der Waals surface area contributed by atoms with Gasteiger partial charge in [0.05, 0.1) is 14.2 Å². The minimum Gasteiger partial charge on any atom is -0.496 e. The Labute approximate surface area is 179 Å². The summed E-state index contributed by atoms with van der Waals surface area (Å²) in [5, 5.41) is 0. The predicted molar refractivity (Wildman–Crippen MR) is 118 cm³/mol. The van der Waals surface area contributed by atoms with E-state index < -0.39 is 0 Å². The molecule has 2 saturated heterocycles. The maximum atomic E-state index is 13.2. The Morgan fingerprint density at radius 1 is 0.733 bits per heavy atom. The number of nitrogens with zero attached hydrogens (tertiary/aromatic N) is 2. The van der Waals surface area contributed by atoms with Gasteiger partial charge in [0.25, 0.3) is 0 Å². The van der Waals surface area contributed by atoms with E-state index in [1.807, 2.05) is 36.4 Å². The van der Waals surface area contributed by atoms with Crippen LogP contribution >= 0.6 is 0 Å². The molecule has 2 aliphatic heterocycles. The molecule has 5 nitrogen and oxygen atoms in total. The van der Waals surface area contributed by atoms with Crippen LogP contribution < -0.4 is 9.47 Å². The molecule has 2 aliphatic rings. The fourth-order valence-electron chi connectivity index (χ4n) is 4.56. The molecule has 0 N–H and O–H groups in total. The molecule has 0 aliphatic carbocycles. The van der Waals surface area contributed by atoms with Crippen molar-refractivity contribution in [3.05, 3.63) is 58.7 Å². The number of hydrogen-bond donors (Lipinski definition) is 0. The zero-order valence-electron chi connectivity index (χ0n) is 18.2. The lowest BCUT2D eigenvalue weighted by Crippen LogP contribution is -2.19. The van der Waals surface area contributed by atoms with Crippen molar-refractivity contribution < 1.29 is 14.3 Å². The summed E-state index contributed by atoms with van der Waals surface area (Å²) in [6, 6.07) is 11.6. The molecule has 0 saturated carbocycles. The van der Waals surface area contributed by atoms with Crippen LogP contribution in [0.15, 0.2) is 36.4 Å². The first-order valence-electron chi connectivity index (χ1n) is 11.0. The second-order valence-corrected chi connectivity index (χ2v) is 8.35. The van der Waals surface area contributed by atoms with Gasteiger partial charge in [-0.2, -0.15) is 0 Å².